The number of hydrogen-bond donors (Lipinski definition) is 2. The second-order valence-electron chi connectivity index (χ2n) is 9.88. The number of nitrogens with one attached hydrogen (secondary N) is 1. The molecule has 1 aliphatic carbocycles. The minimum Gasteiger partial charge on any atom is -0.381 e. The van der Waals surface area contributed by atoms with Crippen LogP contribution in [-0.4, -0.2) is 54.6 Å². The van der Waals surface area contributed by atoms with Gasteiger partial charge in [0.15, 0.2) is 0 Å². The Balaban J connectivity index is 1.75. The van der Waals surface area contributed by atoms with Crippen molar-refractivity contribution >= 4 is 15.9 Å². The number of halogens is 4. The van der Waals surface area contributed by atoms with E-state index >= 15 is 4.39 Å². The maximum absolute atomic E-state index is 15.6. The van der Waals surface area contributed by atoms with Crippen molar-refractivity contribution in [3.05, 3.63) is 59.4 Å². The van der Waals surface area contributed by atoms with E-state index < -0.39 is 62.5 Å². The van der Waals surface area contributed by atoms with Gasteiger partial charge in [0.25, 0.3) is 5.91 Å². The summed E-state index contributed by atoms with van der Waals surface area (Å²) in [4.78, 5) is 14.4. The Labute approximate surface area is 201 Å². The molecule has 11 heteroatoms. The molecule has 2 atom stereocenters. The van der Waals surface area contributed by atoms with Crippen LogP contribution in [0.1, 0.15) is 32.3 Å². The van der Waals surface area contributed by atoms with E-state index in [0.717, 1.165) is 12.1 Å². The molecule has 1 heterocycles. The lowest BCUT2D eigenvalue weighted by molar-refractivity contribution is -0.149. The van der Waals surface area contributed by atoms with Crippen LogP contribution in [0.25, 0.3) is 11.1 Å². The van der Waals surface area contributed by atoms with Gasteiger partial charge >= 0.3 is 0 Å². The Morgan fingerprint density at radius 3 is 2.34 bits per heavy atom. The van der Waals surface area contributed by atoms with Gasteiger partial charge in [-0.25, -0.2) is 30.7 Å². The third-order valence-corrected chi connectivity index (χ3v) is 7.64. The van der Waals surface area contributed by atoms with Gasteiger partial charge in [-0.15, -0.1) is 0 Å². The van der Waals surface area contributed by atoms with Crippen molar-refractivity contribution in [2.45, 2.75) is 50.8 Å². The SMILES string of the molecule is CC(C)(O)C(=O)N1CC2(CC2)[C@H](NS(=O)(=O)CF)[C@@H]1Cc1cccc(-c2cc(F)cc(F)c2)c1F. The van der Waals surface area contributed by atoms with Crippen molar-refractivity contribution in [1.29, 1.82) is 0 Å². The Bertz CT molecular complexity index is 1240. The number of rotatable bonds is 7. The van der Waals surface area contributed by atoms with Gasteiger partial charge in [-0.05, 0) is 56.4 Å². The van der Waals surface area contributed by atoms with E-state index in [-0.39, 0.29) is 29.7 Å². The zero-order valence-electron chi connectivity index (χ0n) is 19.2. The second kappa shape index (κ2) is 8.86. The number of nitrogens with zero attached hydrogens (tertiary/aromatic N) is 1. The smallest absolute Gasteiger partial charge is 0.254 e. The normalized spacial score (nSPS) is 21.5. The number of carbonyl (C=O) groups excluding carboxylic acids is 1. The lowest BCUT2D eigenvalue weighted by atomic mass is 9.91. The Hall–Kier alpha value is -2.50. The van der Waals surface area contributed by atoms with Crippen molar-refractivity contribution in [2.24, 2.45) is 5.41 Å². The summed E-state index contributed by atoms with van der Waals surface area (Å²) in [7, 11) is -4.31. The number of sulfonamides is 1. The molecule has 2 fully saturated rings. The Kier molecular flexibility index (Phi) is 6.48. The molecule has 35 heavy (non-hydrogen) atoms. The minimum absolute atomic E-state index is 0.0222. The summed E-state index contributed by atoms with van der Waals surface area (Å²) in [5.41, 5.74) is -2.44. The van der Waals surface area contributed by atoms with Gasteiger partial charge in [0.2, 0.25) is 16.0 Å². The van der Waals surface area contributed by atoms with Crippen LogP contribution in [0.2, 0.25) is 0 Å². The maximum atomic E-state index is 15.6. The van der Waals surface area contributed by atoms with Gasteiger partial charge in [-0.1, -0.05) is 18.2 Å². The Morgan fingerprint density at radius 1 is 1.17 bits per heavy atom. The molecule has 190 valence electrons. The zero-order valence-corrected chi connectivity index (χ0v) is 20.0. The molecule has 1 aliphatic heterocycles. The fourth-order valence-corrected chi connectivity index (χ4v) is 5.75. The first-order valence-electron chi connectivity index (χ1n) is 11.1. The fourth-order valence-electron chi connectivity index (χ4n) is 4.90. The van der Waals surface area contributed by atoms with Crippen molar-refractivity contribution in [1.82, 2.24) is 9.62 Å². The largest absolute Gasteiger partial charge is 0.381 e. The molecule has 0 aromatic heterocycles. The molecule has 1 amide bonds. The van der Waals surface area contributed by atoms with Crippen molar-refractivity contribution in [3.8, 4) is 11.1 Å². The highest BCUT2D eigenvalue weighted by atomic mass is 32.2. The molecule has 1 spiro atoms. The van der Waals surface area contributed by atoms with E-state index in [1.807, 2.05) is 0 Å². The first-order valence-corrected chi connectivity index (χ1v) is 12.7. The first-order chi connectivity index (χ1) is 16.3. The van der Waals surface area contributed by atoms with Crippen LogP contribution in [0.15, 0.2) is 36.4 Å². The summed E-state index contributed by atoms with van der Waals surface area (Å²) < 4.78 is 82.8. The van der Waals surface area contributed by atoms with E-state index in [4.69, 9.17) is 0 Å². The molecular formula is C24H26F4N2O4S. The maximum Gasteiger partial charge on any atom is 0.254 e. The average molecular weight is 515 g/mol. The van der Waals surface area contributed by atoms with E-state index in [1.54, 1.807) is 0 Å². The summed E-state index contributed by atoms with van der Waals surface area (Å²) in [6.45, 7) is 2.71. The molecule has 1 saturated carbocycles. The molecule has 0 radical (unpaired) electrons. The van der Waals surface area contributed by atoms with E-state index in [2.05, 4.69) is 4.72 Å². The molecule has 6 nitrogen and oxygen atoms in total. The highest BCUT2D eigenvalue weighted by molar-refractivity contribution is 7.89. The molecule has 0 unspecified atom stereocenters. The number of aliphatic hydroxyl groups is 1. The topological polar surface area (TPSA) is 86.7 Å². The molecular weight excluding hydrogens is 488 g/mol. The highest BCUT2D eigenvalue weighted by Crippen LogP contribution is 2.56. The summed E-state index contributed by atoms with van der Waals surface area (Å²) in [5, 5.41) is 10.4. The molecule has 2 aliphatic rings. The number of amides is 1. The van der Waals surface area contributed by atoms with E-state index in [0.29, 0.717) is 18.9 Å². The van der Waals surface area contributed by atoms with Crippen molar-refractivity contribution in [3.63, 3.8) is 0 Å². The van der Waals surface area contributed by atoms with Gasteiger partial charge in [0, 0.05) is 29.6 Å². The van der Waals surface area contributed by atoms with Gasteiger partial charge in [0.05, 0.1) is 6.04 Å². The summed E-state index contributed by atoms with van der Waals surface area (Å²) in [6, 6.07) is 3.44. The number of alkyl halides is 1. The third kappa shape index (κ3) is 5.07. The third-order valence-electron chi connectivity index (χ3n) is 6.74. The van der Waals surface area contributed by atoms with Crippen LogP contribution in [-0.2, 0) is 21.2 Å². The lowest BCUT2D eigenvalue weighted by Crippen LogP contribution is -2.53. The monoisotopic (exact) mass is 514 g/mol. The summed E-state index contributed by atoms with van der Waals surface area (Å²) >= 11 is 0. The van der Waals surface area contributed by atoms with Crippen LogP contribution in [0.3, 0.4) is 0 Å². The highest BCUT2D eigenvalue weighted by Gasteiger charge is 2.62. The van der Waals surface area contributed by atoms with Crippen LogP contribution in [0.5, 0.6) is 0 Å². The van der Waals surface area contributed by atoms with Gasteiger partial charge < -0.3 is 10.0 Å². The molecule has 2 aromatic carbocycles. The predicted molar refractivity (Wildman–Crippen MR) is 121 cm³/mol. The predicted octanol–water partition coefficient (Wildman–Crippen LogP) is 3.29. The summed E-state index contributed by atoms with van der Waals surface area (Å²) in [6.07, 6.45) is 0.980. The number of hydrogen-bond acceptors (Lipinski definition) is 4. The standard InChI is InChI=1S/C24H26F4N2O4S/c1-23(2,32)22(31)30-12-24(6-7-24)21(29-35(33,34)13-25)19(30)10-14-4-3-5-18(20(14)28)15-8-16(26)11-17(27)9-15/h3-5,8-9,11,19,21,29,32H,6-7,10,12-13H2,1-2H3/t19-,21+/m0/s1. The van der Waals surface area contributed by atoms with Gasteiger partial charge in [-0.2, -0.15) is 0 Å². The molecule has 2 N–H and O–H groups in total. The zero-order chi connectivity index (χ0) is 25.8. The molecule has 2 aromatic rings. The minimum atomic E-state index is -4.31. The number of benzene rings is 2. The van der Waals surface area contributed by atoms with E-state index in [1.165, 1.54) is 36.9 Å². The second-order valence-corrected chi connectivity index (χ2v) is 11.6. The van der Waals surface area contributed by atoms with Crippen molar-refractivity contribution < 1.29 is 35.9 Å². The summed E-state index contributed by atoms with van der Waals surface area (Å²) in [5.74, 6) is -3.20. The van der Waals surface area contributed by atoms with Crippen LogP contribution in [0.4, 0.5) is 17.6 Å². The fraction of sp³-hybridized carbons (Fsp3) is 0.458. The molecule has 4 rings (SSSR count). The van der Waals surface area contributed by atoms with Gasteiger partial charge in [-0.3, -0.25) is 4.79 Å². The first kappa shape index (κ1) is 25.6. The average Bonchev–Trinajstić information content (AvgIpc) is 3.48. The van der Waals surface area contributed by atoms with Crippen LogP contribution in [0, 0.1) is 22.9 Å². The molecule has 1 saturated heterocycles. The number of carbonyl (C=O) groups is 1. The van der Waals surface area contributed by atoms with Crippen LogP contribution < -0.4 is 4.72 Å². The van der Waals surface area contributed by atoms with Crippen LogP contribution >= 0.6 is 0 Å². The van der Waals surface area contributed by atoms with E-state index in [9.17, 15) is 31.5 Å². The number of likely N-dealkylation sites (tertiary alicyclic amines) is 1. The quantitative estimate of drug-likeness (QED) is 0.556. The van der Waals surface area contributed by atoms with Crippen molar-refractivity contribution in [2.75, 3.05) is 12.6 Å². The molecule has 0 bridgehead atoms. The van der Waals surface area contributed by atoms with Gasteiger partial charge in [0.1, 0.15) is 23.1 Å². The Morgan fingerprint density at radius 2 is 1.80 bits per heavy atom. The lowest BCUT2D eigenvalue weighted by Gasteiger charge is -2.32.